The Hall–Kier alpha value is -0.220. The number of carbonyl (C=O) groups is 1. The molecule has 1 amide bonds. The molecule has 0 aromatic heterocycles. The zero-order valence-electron chi connectivity index (χ0n) is 9.66. The van der Waals surface area contributed by atoms with Crippen molar-refractivity contribution in [2.75, 3.05) is 12.8 Å². The minimum Gasteiger partial charge on any atom is -0.352 e. The second-order valence-corrected chi connectivity index (χ2v) is 5.24. The second kappa shape index (κ2) is 6.38. The summed E-state index contributed by atoms with van der Waals surface area (Å²) in [6.45, 7) is 2.47. The highest BCUT2D eigenvalue weighted by Gasteiger charge is 2.29. The van der Waals surface area contributed by atoms with Gasteiger partial charge in [0.1, 0.15) is 0 Å². The van der Waals surface area contributed by atoms with Crippen LogP contribution in [0.5, 0.6) is 0 Å². The zero-order valence-corrected chi connectivity index (χ0v) is 10.5. The molecule has 15 heavy (non-hydrogen) atoms. The fraction of sp³-hybridized carbons (Fsp3) is 0.909. The molecule has 1 fully saturated rings. The van der Waals surface area contributed by atoms with E-state index < -0.39 is 0 Å². The summed E-state index contributed by atoms with van der Waals surface area (Å²) in [5.41, 5.74) is 5.56. The van der Waals surface area contributed by atoms with Crippen LogP contribution in [0, 0.1) is 5.92 Å². The fourth-order valence-electron chi connectivity index (χ4n) is 2.13. The van der Waals surface area contributed by atoms with Crippen molar-refractivity contribution in [3.8, 4) is 0 Å². The van der Waals surface area contributed by atoms with Gasteiger partial charge in [0.2, 0.25) is 5.91 Å². The highest BCUT2D eigenvalue weighted by atomic mass is 32.2. The van der Waals surface area contributed by atoms with Crippen LogP contribution in [0.15, 0.2) is 0 Å². The van der Waals surface area contributed by atoms with E-state index in [4.69, 9.17) is 5.73 Å². The molecule has 0 spiro atoms. The maximum atomic E-state index is 11.8. The molecule has 0 bridgehead atoms. The molecule has 0 heterocycles. The molecule has 0 radical (unpaired) electrons. The van der Waals surface area contributed by atoms with E-state index in [1.807, 2.05) is 18.7 Å². The highest BCUT2D eigenvalue weighted by molar-refractivity contribution is 7.99. The first-order valence-corrected chi connectivity index (χ1v) is 7.05. The summed E-state index contributed by atoms with van der Waals surface area (Å²) >= 11 is 1.86. The third kappa shape index (κ3) is 3.38. The Balaban J connectivity index is 2.42. The van der Waals surface area contributed by atoms with Gasteiger partial charge in [-0.25, -0.2) is 0 Å². The smallest absolute Gasteiger partial charge is 0.224 e. The molecule has 3 unspecified atom stereocenters. The Bertz CT molecular complexity index is 207. The lowest BCUT2D eigenvalue weighted by atomic mass is 10.1. The van der Waals surface area contributed by atoms with E-state index in [1.165, 1.54) is 12.8 Å². The lowest BCUT2D eigenvalue weighted by molar-refractivity contribution is -0.125. The first-order chi connectivity index (χ1) is 7.22. The third-order valence-electron chi connectivity index (χ3n) is 3.23. The number of carbonyl (C=O) groups excluding carboxylic acids is 1. The van der Waals surface area contributed by atoms with Gasteiger partial charge in [0.15, 0.2) is 0 Å². The number of amides is 1. The Morgan fingerprint density at radius 3 is 2.87 bits per heavy atom. The van der Waals surface area contributed by atoms with Crippen molar-refractivity contribution >= 4 is 17.7 Å². The van der Waals surface area contributed by atoms with E-state index in [9.17, 15) is 4.79 Å². The Morgan fingerprint density at radius 1 is 1.60 bits per heavy atom. The lowest BCUT2D eigenvalue weighted by Crippen LogP contribution is -2.43. The van der Waals surface area contributed by atoms with Gasteiger partial charge in [-0.05, 0) is 25.5 Å². The predicted octanol–water partition coefficient (Wildman–Crippen LogP) is 1.37. The number of rotatable bonds is 5. The largest absolute Gasteiger partial charge is 0.352 e. The van der Waals surface area contributed by atoms with Gasteiger partial charge in [0.05, 0.1) is 0 Å². The van der Waals surface area contributed by atoms with Crippen LogP contribution in [-0.4, -0.2) is 30.0 Å². The molecule has 1 saturated carbocycles. The van der Waals surface area contributed by atoms with Crippen LogP contribution < -0.4 is 11.1 Å². The van der Waals surface area contributed by atoms with Crippen LogP contribution in [0.3, 0.4) is 0 Å². The summed E-state index contributed by atoms with van der Waals surface area (Å²) in [6, 6.07) is 0.369. The van der Waals surface area contributed by atoms with Crippen molar-refractivity contribution in [3.63, 3.8) is 0 Å². The number of nitrogens with two attached hydrogens (primary N) is 1. The number of hydrogen-bond acceptors (Lipinski definition) is 3. The minimum atomic E-state index is -0.00638. The minimum absolute atomic E-state index is 0.00638. The summed E-state index contributed by atoms with van der Waals surface area (Å²) in [7, 11) is 0. The fourth-order valence-corrected chi connectivity index (χ4v) is 3.07. The van der Waals surface area contributed by atoms with Crippen molar-refractivity contribution in [1.82, 2.24) is 5.32 Å². The van der Waals surface area contributed by atoms with Gasteiger partial charge >= 0.3 is 0 Å². The van der Waals surface area contributed by atoms with Gasteiger partial charge in [0, 0.05) is 23.8 Å². The average molecular weight is 230 g/mol. The van der Waals surface area contributed by atoms with Crippen LogP contribution in [0.1, 0.15) is 32.6 Å². The van der Waals surface area contributed by atoms with Crippen LogP contribution in [0.25, 0.3) is 0 Å². The van der Waals surface area contributed by atoms with Crippen LogP contribution in [0.4, 0.5) is 0 Å². The van der Waals surface area contributed by atoms with Gasteiger partial charge in [0.25, 0.3) is 0 Å². The second-order valence-electron chi connectivity index (χ2n) is 4.16. The van der Waals surface area contributed by atoms with Gasteiger partial charge in [-0.3, -0.25) is 4.79 Å². The molecular weight excluding hydrogens is 208 g/mol. The van der Waals surface area contributed by atoms with Crippen LogP contribution >= 0.6 is 11.8 Å². The van der Waals surface area contributed by atoms with Crippen molar-refractivity contribution in [1.29, 1.82) is 0 Å². The summed E-state index contributed by atoms with van der Waals surface area (Å²) in [5.74, 6) is 0.138. The highest BCUT2D eigenvalue weighted by Crippen LogP contribution is 2.28. The Morgan fingerprint density at radius 2 is 2.33 bits per heavy atom. The van der Waals surface area contributed by atoms with Gasteiger partial charge in [-0.2, -0.15) is 11.8 Å². The maximum absolute atomic E-state index is 11.8. The molecule has 0 saturated heterocycles. The standard InChI is InChI=1S/C11H22N2OS/c1-3-8(7-12)11(14)13-9-5-4-6-10(9)15-2/h8-10H,3-7,12H2,1-2H3,(H,13,14). The molecule has 0 aromatic carbocycles. The SMILES string of the molecule is CCC(CN)C(=O)NC1CCCC1SC. The summed E-state index contributed by atoms with van der Waals surface area (Å²) in [6.07, 6.45) is 6.54. The normalized spacial score (nSPS) is 27.7. The maximum Gasteiger partial charge on any atom is 0.224 e. The third-order valence-corrected chi connectivity index (χ3v) is 4.40. The van der Waals surface area contributed by atoms with Crippen LogP contribution in [0.2, 0.25) is 0 Å². The molecule has 3 N–H and O–H groups in total. The first kappa shape index (κ1) is 12.8. The number of nitrogens with one attached hydrogen (secondary N) is 1. The topological polar surface area (TPSA) is 55.1 Å². The van der Waals surface area contributed by atoms with Gasteiger partial charge < -0.3 is 11.1 Å². The van der Waals surface area contributed by atoms with E-state index in [0.29, 0.717) is 17.8 Å². The Labute approximate surface area is 96.6 Å². The zero-order chi connectivity index (χ0) is 11.3. The molecule has 1 aliphatic carbocycles. The van der Waals surface area contributed by atoms with Crippen molar-refractivity contribution in [2.24, 2.45) is 11.7 Å². The van der Waals surface area contributed by atoms with E-state index in [-0.39, 0.29) is 11.8 Å². The lowest BCUT2D eigenvalue weighted by Gasteiger charge is -2.22. The molecule has 88 valence electrons. The van der Waals surface area contributed by atoms with E-state index in [2.05, 4.69) is 11.6 Å². The van der Waals surface area contributed by atoms with E-state index in [0.717, 1.165) is 12.8 Å². The number of thioether (sulfide) groups is 1. The van der Waals surface area contributed by atoms with Gasteiger partial charge in [-0.1, -0.05) is 13.3 Å². The molecule has 1 aliphatic rings. The molecule has 0 aliphatic heterocycles. The average Bonchev–Trinajstić information content (AvgIpc) is 2.67. The van der Waals surface area contributed by atoms with E-state index in [1.54, 1.807) is 0 Å². The Kier molecular flexibility index (Phi) is 5.47. The van der Waals surface area contributed by atoms with Crippen molar-refractivity contribution < 1.29 is 4.79 Å². The van der Waals surface area contributed by atoms with Gasteiger partial charge in [-0.15, -0.1) is 0 Å². The predicted molar refractivity (Wildman–Crippen MR) is 65.9 cm³/mol. The van der Waals surface area contributed by atoms with Crippen molar-refractivity contribution in [3.05, 3.63) is 0 Å². The quantitative estimate of drug-likeness (QED) is 0.750. The molecule has 3 atom stereocenters. The summed E-state index contributed by atoms with van der Waals surface area (Å²) in [4.78, 5) is 11.8. The molecule has 4 heteroatoms. The molecular formula is C11H22N2OS. The summed E-state index contributed by atoms with van der Waals surface area (Å²) < 4.78 is 0. The van der Waals surface area contributed by atoms with E-state index >= 15 is 0 Å². The molecule has 0 aromatic rings. The monoisotopic (exact) mass is 230 g/mol. The molecule has 1 rings (SSSR count). The first-order valence-electron chi connectivity index (χ1n) is 5.76. The van der Waals surface area contributed by atoms with Crippen LogP contribution in [-0.2, 0) is 4.79 Å². The molecule has 3 nitrogen and oxygen atoms in total. The number of hydrogen-bond donors (Lipinski definition) is 2. The van der Waals surface area contributed by atoms with Crippen molar-refractivity contribution in [2.45, 2.75) is 43.9 Å². The summed E-state index contributed by atoms with van der Waals surface area (Å²) in [5, 5.41) is 3.74.